The molecule has 1 aliphatic heterocycles. The van der Waals surface area contributed by atoms with E-state index in [4.69, 9.17) is 4.74 Å². The van der Waals surface area contributed by atoms with Crippen molar-refractivity contribution in [1.29, 1.82) is 0 Å². The Morgan fingerprint density at radius 3 is 2.26 bits per heavy atom. The van der Waals surface area contributed by atoms with Crippen LogP contribution in [0.2, 0.25) is 0 Å². The number of aliphatic hydroxyl groups excluding tert-OH is 1. The highest BCUT2D eigenvalue weighted by atomic mass is 79.9. The lowest BCUT2D eigenvalue weighted by Crippen LogP contribution is -3.14. The van der Waals surface area contributed by atoms with E-state index in [2.05, 4.69) is 28.1 Å². The number of rotatable bonds is 5. The van der Waals surface area contributed by atoms with Crippen LogP contribution in [0.25, 0.3) is 0 Å². The second kappa shape index (κ2) is 8.06. The topological polar surface area (TPSA) is 33.9 Å². The lowest BCUT2D eigenvalue weighted by atomic mass is 9.88. The molecular formula is C19H23BrNO2+. The number of quaternary nitrogens is 1. The van der Waals surface area contributed by atoms with Crippen LogP contribution < -0.4 is 4.90 Å². The number of nitrogens with one attached hydrogen (secondary N) is 1. The van der Waals surface area contributed by atoms with E-state index in [1.807, 2.05) is 42.5 Å². The fraction of sp³-hybridized carbons (Fsp3) is 0.368. The quantitative estimate of drug-likeness (QED) is 0.838. The number of benzene rings is 2. The van der Waals surface area contributed by atoms with Crippen molar-refractivity contribution >= 4 is 15.9 Å². The van der Waals surface area contributed by atoms with Crippen LogP contribution in [0.5, 0.6) is 0 Å². The maximum Gasteiger partial charge on any atom is 0.101 e. The molecule has 3 rings (SSSR count). The van der Waals surface area contributed by atoms with Crippen molar-refractivity contribution in [2.24, 2.45) is 0 Å². The Kier molecular flexibility index (Phi) is 5.84. The summed E-state index contributed by atoms with van der Waals surface area (Å²) in [7, 11) is 0. The van der Waals surface area contributed by atoms with Gasteiger partial charge in [-0.2, -0.15) is 0 Å². The van der Waals surface area contributed by atoms with E-state index in [9.17, 15) is 5.11 Å². The summed E-state index contributed by atoms with van der Waals surface area (Å²) >= 11 is 3.46. The van der Waals surface area contributed by atoms with E-state index in [1.165, 1.54) is 10.5 Å². The van der Waals surface area contributed by atoms with E-state index >= 15 is 0 Å². The first-order valence-electron chi connectivity index (χ1n) is 8.14. The molecule has 2 atom stereocenters. The predicted molar refractivity (Wildman–Crippen MR) is 94.7 cm³/mol. The van der Waals surface area contributed by atoms with Gasteiger partial charge in [-0.3, -0.25) is 0 Å². The Morgan fingerprint density at radius 2 is 1.61 bits per heavy atom. The summed E-state index contributed by atoms with van der Waals surface area (Å²) in [4.78, 5) is 1.50. The molecule has 122 valence electrons. The summed E-state index contributed by atoms with van der Waals surface area (Å²) in [6.07, 6.45) is -0.499. The molecule has 2 aromatic carbocycles. The van der Waals surface area contributed by atoms with E-state index in [0.29, 0.717) is 0 Å². The molecule has 2 aromatic rings. The lowest BCUT2D eigenvalue weighted by Gasteiger charge is -2.30. The number of hydrogen-bond donors (Lipinski definition) is 2. The summed E-state index contributed by atoms with van der Waals surface area (Å²) in [5, 5.41) is 11.0. The number of halogens is 1. The van der Waals surface area contributed by atoms with Crippen LogP contribution >= 0.6 is 15.9 Å². The Labute approximate surface area is 146 Å². The van der Waals surface area contributed by atoms with Gasteiger partial charge in [0.2, 0.25) is 0 Å². The Balaban J connectivity index is 1.83. The lowest BCUT2D eigenvalue weighted by molar-refractivity contribution is -0.909. The standard InChI is InChI=1S/C19H22BrNO2/c20-17-8-6-16(7-9-17)19(22)18(15-4-2-1-3-5-15)14-21-10-12-23-13-11-21/h1-9,18-19,22H,10-14H2/p+1/t18-,19+/m0/s1. The second-order valence-electron chi connectivity index (χ2n) is 6.08. The van der Waals surface area contributed by atoms with Crippen molar-refractivity contribution in [2.45, 2.75) is 12.0 Å². The van der Waals surface area contributed by atoms with Gasteiger partial charge in [0, 0.05) is 4.47 Å². The monoisotopic (exact) mass is 376 g/mol. The first-order chi connectivity index (χ1) is 11.2. The van der Waals surface area contributed by atoms with Gasteiger partial charge in [0.25, 0.3) is 0 Å². The molecule has 0 radical (unpaired) electrons. The molecule has 1 aliphatic rings. The predicted octanol–water partition coefficient (Wildman–Crippen LogP) is 2.18. The molecule has 0 amide bonds. The summed E-state index contributed by atoms with van der Waals surface area (Å²) in [5.41, 5.74) is 2.16. The normalized spacial score (nSPS) is 18.5. The van der Waals surface area contributed by atoms with Crippen molar-refractivity contribution in [1.82, 2.24) is 0 Å². The molecule has 0 unspecified atom stereocenters. The number of aliphatic hydroxyl groups is 1. The summed E-state index contributed by atoms with van der Waals surface area (Å²) in [5.74, 6) is 0.0884. The van der Waals surface area contributed by atoms with Crippen molar-refractivity contribution in [3.63, 3.8) is 0 Å². The van der Waals surface area contributed by atoms with Gasteiger partial charge in [-0.25, -0.2) is 0 Å². The minimum atomic E-state index is -0.499. The van der Waals surface area contributed by atoms with E-state index in [1.54, 1.807) is 0 Å². The molecule has 0 saturated carbocycles. The van der Waals surface area contributed by atoms with E-state index in [-0.39, 0.29) is 5.92 Å². The molecule has 23 heavy (non-hydrogen) atoms. The van der Waals surface area contributed by atoms with Crippen LogP contribution in [0.3, 0.4) is 0 Å². The van der Waals surface area contributed by atoms with Gasteiger partial charge in [-0.15, -0.1) is 0 Å². The smallest absolute Gasteiger partial charge is 0.101 e. The zero-order valence-electron chi connectivity index (χ0n) is 13.1. The zero-order chi connectivity index (χ0) is 16.1. The van der Waals surface area contributed by atoms with Crippen LogP contribution in [-0.2, 0) is 4.74 Å². The second-order valence-corrected chi connectivity index (χ2v) is 7.00. The first kappa shape index (κ1) is 16.7. The van der Waals surface area contributed by atoms with Crippen LogP contribution in [0.15, 0.2) is 59.1 Å². The minimum Gasteiger partial charge on any atom is -0.388 e. The van der Waals surface area contributed by atoms with E-state index in [0.717, 1.165) is 42.9 Å². The molecule has 4 heteroatoms. The number of hydrogen-bond acceptors (Lipinski definition) is 2. The molecule has 3 nitrogen and oxygen atoms in total. The molecule has 0 aliphatic carbocycles. The molecule has 1 heterocycles. The highest BCUT2D eigenvalue weighted by molar-refractivity contribution is 9.10. The van der Waals surface area contributed by atoms with Crippen molar-refractivity contribution in [3.05, 3.63) is 70.2 Å². The Morgan fingerprint density at radius 1 is 0.957 bits per heavy atom. The van der Waals surface area contributed by atoms with Crippen molar-refractivity contribution in [2.75, 3.05) is 32.8 Å². The van der Waals surface area contributed by atoms with Gasteiger partial charge in [-0.1, -0.05) is 58.4 Å². The first-order valence-corrected chi connectivity index (χ1v) is 8.93. The summed E-state index contributed by atoms with van der Waals surface area (Å²) in [6, 6.07) is 18.3. The van der Waals surface area contributed by atoms with Crippen LogP contribution in [0.1, 0.15) is 23.1 Å². The average molecular weight is 377 g/mol. The minimum absolute atomic E-state index is 0.0884. The molecule has 0 bridgehead atoms. The maximum absolute atomic E-state index is 11.0. The number of ether oxygens (including phenoxy) is 1. The maximum atomic E-state index is 11.0. The van der Waals surface area contributed by atoms with E-state index < -0.39 is 6.10 Å². The third kappa shape index (κ3) is 4.42. The number of morpholine rings is 1. The van der Waals surface area contributed by atoms with Gasteiger partial charge < -0.3 is 14.7 Å². The van der Waals surface area contributed by atoms with Crippen LogP contribution in [0, 0.1) is 0 Å². The Bertz CT molecular complexity index is 597. The third-order valence-corrected chi connectivity index (χ3v) is 5.06. The van der Waals surface area contributed by atoms with Gasteiger partial charge in [0.05, 0.1) is 31.8 Å². The molecular weight excluding hydrogens is 354 g/mol. The highest BCUT2D eigenvalue weighted by Crippen LogP contribution is 2.30. The molecule has 1 fully saturated rings. The van der Waals surface area contributed by atoms with Crippen molar-refractivity contribution in [3.8, 4) is 0 Å². The molecule has 0 aromatic heterocycles. The Hall–Kier alpha value is -1.20. The summed E-state index contributed by atoms with van der Waals surface area (Å²) in [6.45, 7) is 4.56. The van der Waals surface area contributed by atoms with Gasteiger partial charge in [0.15, 0.2) is 0 Å². The molecule has 0 spiro atoms. The zero-order valence-corrected chi connectivity index (χ0v) is 14.7. The highest BCUT2D eigenvalue weighted by Gasteiger charge is 2.28. The average Bonchev–Trinajstić information content (AvgIpc) is 2.61. The molecule has 2 N–H and O–H groups in total. The van der Waals surface area contributed by atoms with Crippen LogP contribution in [0.4, 0.5) is 0 Å². The SMILES string of the molecule is O[C@H](c1ccc(Br)cc1)[C@@H](C[NH+]1CCOCC1)c1ccccc1. The molecule has 1 saturated heterocycles. The third-order valence-electron chi connectivity index (χ3n) is 4.53. The largest absolute Gasteiger partial charge is 0.388 e. The summed E-state index contributed by atoms with van der Waals surface area (Å²) < 4.78 is 6.49. The fourth-order valence-electron chi connectivity index (χ4n) is 3.18. The fourth-order valence-corrected chi connectivity index (χ4v) is 3.44. The van der Waals surface area contributed by atoms with Gasteiger partial charge >= 0.3 is 0 Å². The van der Waals surface area contributed by atoms with Crippen molar-refractivity contribution < 1.29 is 14.7 Å². The van der Waals surface area contributed by atoms with Crippen LogP contribution in [-0.4, -0.2) is 38.0 Å². The van der Waals surface area contributed by atoms with Gasteiger partial charge in [0.1, 0.15) is 13.1 Å². The van der Waals surface area contributed by atoms with Gasteiger partial charge in [-0.05, 0) is 23.3 Å².